The molecule has 0 unspecified atom stereocenters. The lowest BCUT2D eigenvalue weighted by molar-refractivity contribution is -0.136. The van der Waals surface area contributed by atoms with Crippen LogP contribution in [0.4, 0.5) is 0 Å². The quantitative estimate of drug-likeness (QED) is 0.871. The Labute approximate surface area is 143 Å². The van der Waals surface area contributed by atoms with Gasteiger partial charge in [0.25, 0.3) is 0 Å². The van der Waals surface area contributed by atoms with Gasteiger partial charge in [0.15, 0.2) is 0 Å². The summed E-state index contributed by atoms with van der Waals surface area (Å²) in [4.78, 5) is 26.5. The van der Waals surface area contributed by atoms with Crippen molar-refractivity contribution in [1.82, 2.24) is 10.2 Å². The summed E-state index contributed by atoms with van der Waals surface area (Å²) in [5.74, 6) is 1.26. The fourth-order valence-electron chi connectivity index (χ4n) is 3.23. The number of carbonyl (C=O) groups excluding carboxylic acids is 2. The van der Waals surface area contributed by atoms with Crippen LogP contribution in [-0.4, -0.2) is 36.4 Å². The van der Waals surface area contributed by atoms with E-state index < -0.39 is 0 Å². The molecule has 2 fully saturated rings. The second kappa shape index (κ2) is 7.69. The zero-order valence-electron chi connectivity index (χ0n) is 14.3. The third kappa shape index (κ3) is 4.28. The molecule has 2 aliphatic rings. The van der Waals surface area contributed by atoms with Crippen LogP contribution >= 0.6 is 0 Å². The largest absolute Gasteiger partial charge is 0.494 e. The van der Waals surface area contributed by atoms with Gasteiger partial charge in [-0.15, -0.1) is 0 Å². The molecule has 2 amide bonds. The number of piperidine rings is 1. The molecule has 1 saturated heterocycles. The van der Waals surface area contributed by atoms with Crippen LogP contribution in [0, 0.1) is 11.8 Å². The van der Waals surface area contributed by atoms with Gasteiger partial charge in [0.05, 0.1) is 12.5 Å². The Morgan fingerprint density at radius 3 is 2.83 bits per heavy atom. The van der Waals surface area contributed by atoms with Crippen LogP contribution in [0.15, 0.2) is 24.3 Å². The van der Waals surface area contributed by atoms with Gasteiger partial charge in [0.1, 0.15) is 5.75 Å². The highest BCUT2D eigenvalue weighted by Crippen LogP contribution is 2.32. The summed E-state index contributed by atoms with van der Waals surface area (Å²) in [7, 11) is 0. The summed E-state index contributed by atoms with van der Waals surface area (Å²) < 4.78 is 5.48. The maximum atomic E-state index is 12.5. The van der Waals surface area contributed by atoms with Gasteiger partial charge in [-0.3, -0.25) is 9.59 Å². The van der Waals surface area contributed by atoms with E-state index in [9.17, 15) is 9.59 Å². The van der Waals surface area contributed by atoms with E-state index in [4.69, 9.17) is 4.74 Å². The van der Waals surface area contributed by atoms with E-state index in [1.54, 1.807) is 0 Å². The smallest absolute Gasteiger partial charge is 0.225 e. The van der Waals surface area contributed by atoms with Gasteiger partial charge in [-0.05, 0) is 50.3 Å². The predicted molar refractivity (Wildman–Crippen MR) is 91.5 cm³/mol. The van der Waals surface area contributed by atoms with Gasteiger partial charge in [0, 0.05) is 25.6 Å². The second-order valence-corrected chi connectivity index (χ2v) is 6.70. The molecule has 1 saturated carbocycles. The molecule has 5 heteroatoms. The average Bonchev–Trinajstić information content (AvgIpc) is 3.45. The number of rotatable bonds is 6. The van der Waals surface area contributed by atoms with Crippen molar-refractivity contribution in [3.63, 3.8) is 0 Å². The van der Waals surface area contributed by atoms with Crippen molar-refractivity contribution in [2.24, 2.45) is 11.8 Å². The van der Waals surface area contributed by atoms with Gasteiger partial charge in [0.2, 0.25) is 11.8 Å². The molecule has 1 aliphatic carbocycles. The minimum atomic E-state index is -0.0866. The van der Waals surface area contributed by atoms with E-state index in [0.29, 0.717) is 19.7 Å². The Morgan fingerprint density at radius 1 is 1.25 bits per heavy atom. The van der Waals surface area contributed by atoms with Crippen LogP contribution in [0.1, 0.15) is 38.2 Å². The molecule has 1 atom stereocenters. The van der Waals surface area contributed by atoms with Crippen molar-refractivity contribution < 1.29 is 14.3 Å². The molecule has 130 valence electrons. The van der Waals surface area contributed by atoms with Crippen molar-refractivity contribution in [2.45, 2.75) is 39.2 Å². The van der Waals surface area contributed by atoms with Crippen LogP contribution in [0.3, 0.4) is 0 Å². The van der Waals surface area contributed by atoms with Crippen molar-refractivity contribution >= 4 is 11.8 Å². The predicted octanol–water partition coefficient (Wildman–Crippen LogP) is 2.35. The van der Waals surface area contributed by atoms with E-state index in [2.05, 4.69) is 5.32 Å². The Kier molecular flexibility index (Phi) is 5.38. The third-order valence-electron chi connectivity index (χ3n) is 4.71. The maximum Gasteiger partial charge on any atom is 0.225 e. The van der Waals surface area contributed by atoms with Gasteiger partial charge in [-0.25, -0.2) is 0 Å². The highest BCUT2D eigenvalue weighted by Gasteiger charge is 2.36. The molecule has 0 aromatic heterocycles. The van der Waals surface area contributed by atoms with Crippen molar-refractivity contribution in [3.8, 4) is 5.75 Å². The fourth-order valence-corrected chi connectivity index (χ4v) is 3.23. The van der Waals surface area contributed by atoms with Crippen LogP contribution in [0.2, 0.25) is 0 Å². The lowest BCUT2D eigenvalue weighted by Gasteiger charge is -2.32. The highest BCUT2D eigenvalue weighted by atomic mass is 16.5. The van der Waals surface area contributed by atoms with E-state index >= 15 is 0 Å². The summed E-state index contributed by atoms with van der Waals surface area (Å²) in [6.07, 6.45) is 3.81. The van der Waals surface area contributed by atoms with E-state index in [1.165, 1.54) is 0 Å². The van der Waals surface area contributed by atoms with Crippen LogP contribution in [-0.2, 0) is 16.1 Å². The molecule has 3 rings (SSSR count). The fraction of sp³-hybridized carbons (Fsp3) is 0.579. The lowest BCUT2D eigenvalue weighted by Crippen LogP contribution is -2.45. The number of nitrogens with zero attached hydrogens (tertiary/aromatic N) is 1. The summed E-state index contributed by atoms with van der Waals surface area (Å²) in [5.41, 5.74) is 1.02. The SMILES string of the molecule is CCOc1cccc(CNC(=O)[C@@H]2CCCN(C(=O)C3CC3)C2)c1. The van der Waals surface area contributed by atoms with E-state index in [0.717, 1.165) is 43.5 Å². The number of ether oxygens (including phenoxy) is 1. The molecule has 1 aliphatic heterocycles. The van der Waals surface area contributed by atoms with Crippen LogP contribution in [0.25, 0.3) is 0 Å². The molecule has 1 heterocycles. The number of likely N-dealkylation sites (tertiary alicyclic amines) is 1. The molecule has 1 aromatic carbocycles. The Bertz CT molecular complexity index is 598. The lowest BCUT2D eigenvalue weighted by atomic mass is 9.96. The maximum absolute atomic E-state index is 12.5. The topological polar surface area (TPSA) is 58.6 Å². The number of benzene rings is 1. The van der Waals surface area contributed by atoms with Gasteiger partial charge in [-0.2, -0.15) is 0 Å². The number of nitrogens with one attached hydrogen (secondary N) is 1. The summed E-state index contributed by atoms with van der Waals surface area (Å²) in [5, 5.41) is 3.01. The molecule has 0 bridgehead atoms. The average molecular weight is 330 g/mol. The first kappa shape index (κ1) is 16.8. The number of amides is 2. The summed E-state index contributed by atoms with van der Waals surface area (Å²) in [6.45, 7) is 4.44. The summed E-state index contributed by atoms with van der Waals surface area (Å²) in [6, 6.07) is 7.78. The molecule has 1 aromatic rings. The Balaban J connectivity index is 1.50. The summed E-state index contributed by atoms with van der Waals surface area (Å²) >= 11 is 0. The Morgan fingerprint density at radius 2 is 2.08 bits per heavy atom. The zero-order valence-corrected chi connectivity index (χ0v) is 14.3. The molecule has 24 heavy (non-hydrogen) atoms. The first-order valence-electron chi connectivity index (χ1n) is 8.95. The first-order valence-corrected chi connectivity index (χ1v) is 8.95. The van der Waals surface area contributed by atoms with Crippen LogP contribution < -0.4 is 10.1 Å². The van der Waals surface area contributed by atoms with Gasteiger partial charge in [-0.1, -0.05) is 12.1 Å². The molecule has 0 radical (unpaired) electrons. The van der Waals surface area contributed by atoms with E-state index in [-0.39, 0.29) is 23.7 Å². The minimum Gasteiger partial charge on any atom is -0.494 e. The Hall–Kier alpha value is -2.04. The normalized spacial score (nSPS) is 20.5. The molecule has 5 nitrogen and oxygen atoms in total. The van der Waals surface area contributed by atoms with Crippen molar-refractivity contribution in [2.75, 3.05) is 19.7 Å². The molecule has 1 N–H and O–H groups in total. The molecule has 0 spiro atoms. The van der Waals surface area contributed by atoms with Crippen LogP contribution in [0.5, 0.6) is 5.75 Å². The molecular weight excluding hydrogens is 304 g/mol. The number of carbonyl (C=O) groups is 2. The van der Waals surface area contributed by atoms with Gasteiger partial charge >= 0.3 is 0 Å². The minimum absolute atomic E-state index is 0.0464. The standard InChI is InChI=1S/C19H26N2O3/c1-2-24-17-7-3-5-14(11-17)12-20-18(22)16-6-4-10-21(13-16)19(23)15-8-9-15/h3,5,7,11,15-16H,2,4,6,8-10,12-13H2,1H3,(H,20,22)/t16-/m1/s1. The third-order valence-corrected chi connectivity index (χ3v) is 4.71. The number of hydrogen-bond acceptors (Lipinski definition) is 3. The molecular formula is C19H26N2O3. The monoisotopic (exact) mass is 330 g/mol. The number of hydrogen-bond donors (Lipinski definition) is 1. The zero-order chi connectivity index (χ0) is 16.9. The highest BCUT2D eigenvalue weighted by molar-refractivity contribution is 5.83. The second-order valence-electron chi connectivity index (χ2n) is 6.70. The van der Waals surface area contributed by atoms with Gasteiger partial charge < -0.3 is 15.0 Å². The van der Waals surface area contributed by atoms with E-state index in [1.807, 2.05) is 36.1 Å². The first-order chi connectivity index (χ1) is 11.7. The van der Waals surface area contributed by atoms with Crippen molar-refractivity contribution in [1.29, 1.82) is 0 Å². The van der Waals surface area contributed by atoms with Crippen molar-refractivity contribution in [3.05, 3.63) is 29.8 Å².